The molecule has 21 heavy (non-hydrogen) atoms. The van der Waals surface area contributed by atoms with E-state index < -0.39 is 0 Å². The Morgan fingerprint density at radius 3 is 2.81 bits per heavy atom. The highest BCUT2D eigenvalue weighted by Gasteiger charge is 2.31. The Morgan fingerprint density at radius 1 is 1.33 bits per heavy atom. The van der Waals surface area contributed by atoms with Crippen LogP contribution in [-0.2, 0) is 14.3 Å². The van der Waals surface area contributed by atoms with E-state index in [1.807, 2.05) is 0 Å². The van der Waals surface area contributed by atoms with Gasteiger partial charge in [-0.15, -0.1) is 0 Å². The SMILES string of the molecule is CN(C)C(=O)[C@@H]1CC[C@H](CNC(=O)CC2=CCCCC2)O1. The maximum Gasteiger partial charge on any atom is 0.251 e. The summed E-state index contributed by atoms with van der Waals surface area (Å²) in [5.74, 6) is 0.0744. The number of ether oxygens (including phenoxy) is 1. The summed E-state index contributed by atoms with van der Waals surface area (Å²) in [4.78, 5) is 25.3. The van der Waals surface area contributed by atoms with Crippen molar-refractivity contribution in [3.05, 3.63) is 11.6 Å². The first-order valence-corrected chi connectivity index (χ1v) is 7.87. The first-order chi connectivity index (χ1) is 10.1. The molecule has 2 amide bonds. The van der Waals surface area contributed by atoms with Crippen molar-refractivity contribution in [1.29, 1.82) is 0 Å². The number of hydrogen-bond acceptors (Lipinski definition) is 3. The summed E-state index contributed by atoms with van der Waals surface area (Å²) >= 11 is 0. The second-order valence-corrected chi connectivity index (χ2v) is 6.15. The summed E-state index contributed by atoms with van der Waals surface area (Å²) in [5, 5.41) is 2.93. The molecule has 2 rings (SSSR count). The van der Waals surface area contributed by atoms with Gasteiger partial charge in [-0.25, -0.2) is 0 Å². The zero-order chi connectivity index (χ0) is 15.2. The predicted molar refractivity (Wildman–Crippen MR) is 80.8 cm³/mol. The molecule has 0 spiro atoms. The lowest BCUT2D eigenvalue weighted by Crippen LogP contribution is -2.36. The molecule has 0 aromatic rings. The summed E-state index contributed by atoms with van der Waals surface area (Å²) in [6.45, 7) is 0.503. The van der Waals surface area contributed by atoms with Gasteiger partial charge in [-0.05, 0) is 38.5 Å². The quantitative estimate of drug-likeness (QED) is 0.784. The van der Waals surface area contributed by atoms with Crippen molar-refractivity contribution in [1.82, 2.24) is 10.2 Å². The molecule has 0 aromatic carbocycles. The van der Waals surface area contributed by atoms with Gasteiger partial charge in [-0.3, -0.25) is 9.59 Å². The van der Waals surface area contributed by atoms with Crippen molar-refractivity contribution in [3.63, 3.8) is 0 Å². The molecule has 1 saturated heterocycles. The van der Waals surface area contributed by atoms with Crippen LogP contribution in [0.15, 0.2) is 11.6 Å². The van der Waals surface area contributed by atoms with Crippen molar-refractivity contribution >= 4 is 11.8 Å². The summed E-state index contributed by atoms with van der Waals surface area (Å²) in [6, 6.07) is 0. The Balaban J connectivity index is 1.68. The van der Waals surface area contributed by atoms with E-state index in [2.05, 4.69) is 11.4 Å². The normalized spacial score (nSPS) is 25.3. The van der Waals surface area contributed by atoms with E-state index in [0.29, 0.717) is 13.0 Å². The molecular weight excluding hydrogens is 268 g/mol. The molecular formula is C16H26N2O3. The fourth-order valence-corrected chi connectivity index (χ4v) is 2.89. The second kappa shape index (κ2) is 7.59. The van der Waals surface area contributed by atoms with E-state index in [1.165, 1.54) is 18.4 Å². The van der Waals surface area contributed by atoms with Gasteiger partial charge in [0.15, 0.2) is 0 Å². The molecule has 1 heterocycles. The fraction of sp³-hybridized carbons (Fsp3) is 0.750. The molecule has 2 atom stereocenters. The van der Waals surface area contributed by atoms with Crippen LogP contribution >= 0.6 is 0 Å². The summed E-state index contributed by atoms with van der Waals surface area (Å²) in [6.07, 6.45) is 8.46. The molecule has 5 heteroatoms. The lowest BCUT2D eigenvalue weighted by molar-refractivity contribution is -0.140. The van der Waals surface area contributed by atoms with Crippen molar-refractivity contribution in [2.24, 2.45) is 0 Å². The minimum atomic E-state index is -0.344. The van der Waals surface area contributed by atoms with Gasteiger partial charge in [-0.2, -0.15) is 0 Å². The Kier molecular flexibility index (Phi) is 5.79. The van der Waals surface area contributed by atoms with Gasteiger partial charge in [0.25, 0.3) is 5.91 Å². The molecule has 118 valence electrons. The van der Waals surface area contributed by atoms with Gasteiger partial charge in [-0.1, -0.05) is 11.6 Å². The molecule has 0 unspecified atom stereocenters. The average molecular weight is 294 g/mol. The van der Waals surface area contributed by atoms with E-state index in [1.54, 1.807) is 19.0 Å². The molecule has 1 aliphatic heterocycles. The number of rotatable bonds is 5. The third-order valence-corrected chi connectivity index (χ3v) is 4.12. The van der Waals surface area contributed by atoms with E-state index >= 15 is 0 Å². The van der Waals surface area contributed by atoms with Crippen LogP contribution < -0.4 is 5.32 Å². The van der Waals surface area contributed by atoms with Crippen LogP contribution in [-0.4, -0.2) is 49.6 Å². The number of likely N-dealkylation sites (N-methyl/N-ethyl adjacent to an activating group) is 1. The van der Waals surface area contributed by atoms with Gasteiger partial charge in [0.1, 0.15) is 6.10 Å². The maximum atomic E-state index is 11.9. The van der Waals surface area contributed by atoms with E-state index in [-0.39, 0.29) is 24.0 Å². The Morgan fingerprint density at radius 2 is 2.14 bits per heavy atom. The number of nitrogens with zero attached hydrogens (tertiary/aromatic N) is 1. The van der Waals surface area contributed by atoms with Crippen LogP contribution in [0.25, 0.3) is 0 Å². The Hall–Kier alpha value is -1.36. The van der Waals surface area contributed by atoms with Gasteiger partial charge >= 0.3 is 0 Å². The minimum absolute atomic E-state index is 0.0104. The zero-order valence-electron chi connectivity index (χ0n) is 13.1. The van der Waals surface area contributed by atoms with Crippen LogP contribution in [0.3, 0.4) is 0 Å². The molecule has 0 aromatic heterocycles. The molecule has 0 radical (unpaired) electrons. The molecule has 0 bridgehead atoms. The average Bonchev–Trinajstić information content (AvgIpc) is 2.94. The maximum absolute atomic E-state index is 11.9. The van der Waals surface area contributed by atoms with Crippen molar-refractivity contribution in [2.75, 3.05) is 20.6 Å². The first-order valence-electron chi connectivity index (χ1n) is 7.87. The van der Waals surface area contributed by atoms with Crippen LogP contribution in [0.5, 0.6) is 0 Å². The summed E-state index contributed by atoms with van der Waals surface area (Å²) in [5.41, 5.74) is 1.26. The monoisotopic (exact) mass is 294 g/mol. The van der Waals surface area contributed by atoms with Crippen LogP contribution in [0.2, 0.25) is 0 Å². The van der Waals surface area contributed by atoms with Gasteiger partial charge in [0.05, 0.1) is 6.10 Å². The highest BCUT2D eigenvalue weighted by Crippen LogP contribution is 2.21. The highest BCUT2D eigenvalue weighted by atomic mass is 16.5. The largest absolute Gasteiger partial charge is 0.363 e. The van der Waals surface area contributed by atoms with Crippen LogP contribution in [0.4, 0.5) is 0 Å². The minimum Gasteiger partial charge on any atom is -0.363 e. The van der Waals surface area contributed by atoms with Gasteiger partial charge in [0.2, 0.25) is 5.91 Å². The third kappa shape index (κ3) is 4.84. The molecule has 1 fully saturated rings. The van der Waals surface area contributed by atoms with Crippen molar-refractivity contribution in [2.45, 2.75) is 57.2 Å². The molecule has 1 aliphatic carbocycles. The number of allylic oxidation sites excluding steroid dienone is 1. The number of carbonyl (C=O) groups is 2. The van der Waals surface area contributed by atoms with Gasteiger partial charge in [0, 0.05) is 27.1 Å². The van der Waals surface area contributed by atoms with Crippen LogP contribution in [0, 0.1) is 0 Å². The summed E-state index contributed by atoms with van der Waals surface area (Å²) < 4.78 is 5.70. The summed E-state index contributed by atoms with van der Waals surface area (Å²) in [7, 11) is 3.47. The Bertz CT molecular complexity index is 418. The third-order valence-electron chi connectivity index (χ3n) is 4.12. The van der Waals surface area contributed by atoms with Crippen molar-refractivity contribution < 1.29 is 14.3 Å². The van der Waals surface area contributed by atoms with E-state index in [9.17, 15) is 9.59 Å². The van der Waals surface area contributed by atoms with E-state index in [4.69, 9.17) is 4.74 Å². The second-order valence-electron chi connectivity index (χ2n) is 6.15. The van der Waals surface area contributed by atoms with Crippen molar-refractivity contribution in [3.8, 4) is 0 Å². The lowest BCUT2D eigenvalue weighted by Gasteiger charge is -2.18. The number of nitrogens with one attached hydrogen (secondary N) is 1. The molecule has 1 N–H and O–H groups in total. The molecule has 0 saturated carbocycles. The molecule has 5 nitrogen and oxygen atoms in total. The predicted octanol–water partition coefficient (Wildman–Crippen LogP) is 1.63. The molecule has 2 aliphatic rings. The Labute approximate surface area is 126 Å². The first kappa shape index (κ1) is 16.0. The number of amides is 2. The van der Waals surface area contributed by atoms with Crippen LogP contribution in [0.1, 0.15) is 44.9 Å². The number of hydrogen-bond donors (Lipinski definition) is 1. The van der Waals surface area contributed by atoms with E-state index in [0.717, 1.165) is 25.7 Å². The standard InChI is InChI=1S/C16H26N2O3/c1-18(2)16(20)14-9-8-13(21-14)11-17-15(19)10-12-6-4-3-5-7-12/h6,13-14H,3-5,7-11H2,1-2H3,(H,17,19)/t13-,14+/m1/s1. The number of carbonyl (C=O) groups excluding carboxylic acids is 2. The topological polar surface area (TPSA) is 58.6 Å². The lowest BCUT2D eigenvalue weighted by atomic mass is 9.97. The highest BCUT2D eigenvalue weighted by molar-refractivity contribution is 5.80. The zero-order valence-corrected chi connectivity index (χ0v) is 13.1. The smallest absolute Gasteiger partial charge is 0.251 e. The van der Waals surface area contributed by atoms with Gasteiger partial charge < -0.3 is 15.0 Å². The fourth-order valence-electron chi connectivity index (χ4n) is 2.89.